The molecule has 0 amide bonds. The van der Waals surface area contributed by atoms with E-state index in [0.717, 1.165) is 16.3 Å². The molecule has 2 aromatic carbocycles. The maximum atomic E-state index is 11.2. The number of carbonyl (C=O) groups is 1. The van der Waals surface area contributed by atoms with Gasteiger partial charge in [0.05, 0.1) is 18.6 Å². The van der Waals surface area contributed by atoms with Crippen LogP contribution in [0.1, 0.15) is 5.56 Å². The fraction of sp³-hybridized carbons (Fsp3) is 0.267. The molecule has 0 bridgehead atoms. The van der Waals surface area contributed by atoms with Gasteiger partial charge in [0.2, 0.25) is 0 Å². The maximum absolute atomic E-state index is 11.2. The molecule has 98 valence electrons. The van der Waals surface area contributed by atoms with Crippen LogP contribution in [0.5, 0.6) is 0 Å². The fourth-order valence-electron chi connectivity index (χ4n) is 2.58. The third-order valence-electron chi connectivity index (χ3n) is 3.91. The largest absolute Gasteiger partial charge is 0.480 e. The minimum Gasteiger partial charge on any atom is -0.480 e. The number of carboxylic acids is 1. The smallest absolute Gasteiger partial charge is 0.321 e. The molecule has 1 fully saturated rings. The minimum atomic E-state index is -0.989. The van der Waals surface area contributed by atoms with Crippen molar-refractivity contribution < 1.29 is 14.6 Å². The van der Waals surface area contributed by atoms with Gasteiger partial charge in [-0.2, -0.15) is 0 Å². The van der Waals surface area contributed by atoms with E-state index in [2.05, 4.69) is 0 Å². The van der Waals surface area contributed by atoms with Crippen molar-refractivity contribution in [2.45, 2.75) is 11.5 Å². The summed E-state index contributed by atoms with van der Waals surface area (Å²) < 4.78 is 5.23. The lowest BCUT2D eigenvalue weighted by atomic mass is 9.72. The van der Waals surface area contributed by atoms with Gasteiger partial charge in [0.15, 0.2) is 0 Å². The zero-order valence-corrected chi connectivity index (χ0v) is 10.4. The number of hydrogen-bond acceptors (Lipinski definition) is 3. The van der Waals surface area contributed by atoms with Crippen LogP contribution in [0.25, 0.3) is 10.8 Å². The molecule has 4 heteroatoms. The van der Waals surface area contributed by atoms with Gasteiger partial charge in [0, 0.05) is 0 Å². The molecule has 19 heavy (non-hydrogen) atoms. The summed E-state index contributed by atoms with van der Waals surface area (Å²) in [5.41, 5.74) is 6.19. The fourth-order valence-corrected chi connectivity index (χ4v) is 2.58. The maximum Gasteiger partial charge on any atom is 0.321 e. The van der Waals surface area contributed by atoms with E-state index in [1.165, 1.54) is 0 Å². The number of hydrogen-bond donors (Lipinski definition) is 2. The summed E-state index contributed by atoms with van der Waals surface area (Å²) >= 11 is 0. The average Bonchev–Trinajstić information content (AvgIpc) is 2.37. The Labute approximate surface area is 110 Å². The lowest BCUT2D eigenvalue weighted by molar-refractivity contribution is -0.148. The Kier molecular flexibility index (Phi) is 2.77. The van der Waals surface area contributed by atoms with Crippen molar-refractivity contribution in [2.24, 2.45) is 5.73 Å². The van der Waals surface area contributed by atoms with Gasteiger partial charge in [0.1, 0.15) is 6.04 Å². The SMILES string of the molecule is NC(C(=O)O)C1(c2ccc3ccccc3c2)COC1. The van der Waals surface area contributed by atoms with Gasteiger partial charge >= 0.3 is 5.97 Å². The topological polar surface area (TPSA) is 72.6 Å². The molecule has 2 aromatic rings. The van der Waals surface area contributed by atoms with E-state index in [0.29, 0.717) is 13.2 Å². The van der Waals surface area contributed by atoms with Gasteiger partial charge in [0.25, 0.3) is 0 Å². The molecule has 0 saturated carbocycles. The molecular formula is C15H15NO3. The van der Waals surface area contributed by atoms with Crippen molar-refractivity contribution >= 4 is 16.7 Å². The van der Waals surface area contributed by atoms with E-state index in [1.54, 1.807) is 0 Å². The van der Waals surface area contributed by atoms with Crippen LogP contribution in [0.15, 0.2) is 42.5 Å². The van der Waals surface area contributed by atoms with E-state index in [1.807, 2.05) is 42.5 Å². The highest BCUT2D eigenvalue weighted by molar-refractivity contribution is 5.84. The zero-order valence-electron chi connectivity index (χ0n) is 10.4. The van der Waals surface area contributed by atoms with Gasteiger partial charge in [-0.15, -0.1) is 0 Å². The first kappa shape index (κ1) is 12.1. The Balaban J connectivity index is 2.09. The van der Waals surface area contributed by atoms with E-state index in [4.69, 9.17) is 10.5 Å². The summed E-state index contributed by atoms with van der Waals surface area (Å²) in [6.07, 6.45) is 0. The Hall–Kier alpha value is -1.91. The molecule has 1 heterocycles. The van der Waals surface area contributed by atoms with Crippen molar-refractivity contribution in [3.63, 3.8) is 0 Å². The highest BCUT2D eigenvalue weighted by atomic mass is 16.5. The monoisotopic (exact) mass is 257 g/mol. The molecule has 1 saturated heterocycles. The minimum absolute atomic E-state index is 0.360. The number of carboxylic acid groups (broad SMARTS) is 1. The standard InChI is InChI=1S/C15H15NO3/c16-13(14(17)18)15(8-19-9-15)12-6-5-10-3-1-2-4-11(10)7-12/h1-7,13H,8-9,16H2,(H,17,18). The van der Waals surface area contributed by atoms with Crippen LogP contribution < -0.4 is 5.73 Å². The quantitative estimate of drug-likeness (QED) is 0.874. The summed E-state index contributed by atoms with van der Waals surface area (Å²) in [5.74, 6) is -0.989. The van der Waals surface area contributed by atoms with E-state index in [9.17, 15) is 9.90 Å². The number of fused-ring (bicyclic) bond motifs is 1. The molecule has 1 aliphatic heterocycles. The normalized spacial score (nSPS) is 18.8. The average molecular weight is 257 g/mol. The van der Waals surface area contributed by atoms with E-state index in [-0.39, 0.29) is 0 Å². The Morgan fingerprint density at radius 3 is 2.47 bits per heavy atom. The first-order valence-electron chi connectivity index (χ1n) is 6.19. The molecule has 4 nitrogen and oxygen atoms in total. The number of ether oxygens (including phenoxy) is 1. The van der Waals surface area contributed by atoms with E-state index >= 15 is 0 Å². The third kappa shape index (κ3) is 1.80. The van der Waals surface area contributed by atoms with Gasteiger partial charge in [-0.25, -0.2) is 0 Å². The molecule has 3 rings (SSSR count). The summed E-state index contributed by atoms with van der Waals surface area (Å²) in [6, 6.07) is 13.0. The van der Waals surface area contributed by atoms with Crippen LogP contribution >= 0.6 is 0 Å². The predicted molar refractivity (Wildman–Crippen MR) is 72.1 cm³/mol. The van der Waals surface area contributed by atoms with Crippen molar-refractivity contribution in [2.75, 3.05) is 13.2 Å². The second-order valence-corrected chi connectivity index (χ2v) is 5.03. The molecule has 3 N–H and O–H groups in total. The highest BCUT2D eigenvalue weighted by Crippen LogP contribution is 2.36. The van der Waals surface area contributed by atoms with Crippen molar-refractivity contribution in [3.8, 4) is 0 Å². The van der Waals surface area contributed by atoms with Gasteiger partial charge < -0.3 is 15.6 Å². The van der Waals surface area contributed by atoms with Crippen LogP contribution in [0.3, 0.4) is 0 Å². The van der Waals surface area contributed by atoms with Crippen LogP contribution in [0.2, 0.25) is 0 Å². The lowest BCUT2D eigenvalue weighted by Crippen LogP contribution is -2.61. The number of aliphatic carboxylic acids is 1. The Morgan fingerprint density at radius 1 is 1.21 bits per heavy atom. The van der Waals surface area contributed by atoms with Gasteiger partial charge in [-0.05, 0) is 16.3 Å². The summed E-state index contributed by atoms with van der Waals surface area (Å²) in [6.45, 7) is 0.720. The Bertz CT molecular complexity index is 634. The second kappa shape index (κ2) is 4.33. The summed E-state index contributed by atoms with van der Waals surface area (Å²) in [7, 11) is 0. The highest BCUT2D eigenvalue weighted by Gasteiger charge is 2.49. The lowest BCUT2D eigenvalue weighted by Gasteiger charge is -2.44. The number of rotatable bonds is 3. The molecule has 0 aromatic heterocycles. The molecule has 1 aliphatic rings. The van der Waals surface area contributed by atoms with Crippen molar-refractivity contribution in [1.29, 1.82) is 0 Å². The first-order valence-corrected chi connectivity index (χ1v) is 6.19. The zero-order chi connectivity index (χ0) is 13.5. The van der Waals surface area contributed by atoms with Gasteiger partial charge in [-0.3, -0.25) is 4.79 Å². The molecule has 1 unspecified atom stereocenters. The van der Waals surface area contributed by atoms with E-state index < -0.39 is 17.4 Å². The second-order valence-electron chi connectivity index (χ2n) is 5.03. The number of nitrogens with two attached hydrogens (primary N) is 1. The van der Waals surface area contributed by atoms with Gasteiger partial charge in [-0.1, -0.05) is 42.5 Å². The molecule has 0 radical (unpaired) electrons. The van der Waals surface area contributed by atoms with Crippen molar-refractivity contribution in [3.05, 3.63) is 48.0 Å². The molecule has 0 spiro atoms. The third-order valence-corrected chi connectivity index (χ3v) is 3.91. The van der Waals surface area contributed by atoms with Crippen LogP contribution in [-0.2, 0) is 14.9 Å². The van der Waals surface area contributed by atoms with Crippen LogP contribution in [0, 0.1) is 0 Å². The molecule has 0 aliphatic carbocycles. The molecule has 1 atom stereocenters. The summed E-state index contributed by atoms with van der Waals surface area (Å²) in [4.78, 5) is 11.2. The summed E-state index contributed by atoms with van der Waals surface area (Å²) in [5, 5.41) is 11.4. The molecular weight excluding hydrogens is 242 g/mol. The number of benzene rings is 2. The first-order chi connectivity index (χ1) is 9.13. The van der Waals surface area contributed by atoms with Crippen LogP contribution in [-0.4, -0.2) is 30.3 Å². The predicted octanol–water partition coefficient (Wildman–Crippen LogP) is 1.52. The van der Waals surface area contributed by atoms with Crippen molar-refractivity contribution in [1.82, 2.24) is 0 Å². The van der Waals surface area contributed by atoms with Crippen LogP contribution in [0.4, 0.5) is 0 Å². The Morgan fingerprint density at radius 2 is 1.89 bits per heavy atom.